The Morgan fingerprint density at radius 2 is 1.93 bits per heavy atom. The largest absolute Gasteiger partial charge is 0.351 e. The Kier molecular flexibility index (Phi) is 5.91. The molecule has 6 heteroatoms. The molecule has 0 radical (unpaired) electrons. The van der Waals surface area contributed by atoms with Crippen LogP contribution in [0, 0.1) is 0 Å². The van der Waals surface area contributed by atoms with E-state index in [1.54, 1.807) is 11.9 Å². The van der Waals surface area contributed by atoms with E-state index in [1.165, 1.54) is 6.66 Å². The summed E-state index contributed by atoms with van der Waals surface area (Å²) >= 11 is 0. The van der Waals surface area contributed by atoms with Crippen molar-refractivity contribution in [2.75, 3.05) is 25.3 Å². The van der Waals surface area contributed by atoms with Crippen LogP contribution < -0.4 is 4.90 Å². The lowest BCUT2D eigenvalue weighted by Gasteiger charge is -2.19. The first kappa shape index (κ1) is 14.5. The molecule has 0 amide bonds. The average molecular weight is 252 g/mol. The Hall–Kier alpha value is -0.540. The maximum absolute atomic E-state index is 10.9. The Morgan fingerprint density at radius 1 is 1.40 bits per heavy atom. The highest BCUT2D eigenvalue weighted by Crippen LogP contribution is 2.36. The molecule has 4 nitrogen and oxygen atoms in total. The van der Waals surface area contributed by atoms with Crippen LogP contribution in [0.1, 0.15) is 0 Å². The molecule has 0 aliphatic heterocycles. The zero-order chi connectivity index (χ0) is 10.6. The minimum atomic E-state index is -3.38. The van der Waals surface area contributed by atoms with E-state index in [2.05, 4.69) is 0 Å². The highest BCUT2D eigenvalue weighted by atomic mass is 35.5. The SMILES string of the molecule is CN(COP(C)(=O)O)c1ccccc1.Cl. The first-order valence-corrected chi connectivity index (χ1v) is 6.22. The van der Waals surface area contributed by atoms with Gasteiger partial charge in [-0.3, -0.25) is 9.09 Å². The van der Waals surface area contributed by atoms with Gasteiger partial charge >= 0.3 is 7.60 Å². The standard InChI is InChI=1S/C9H14NO3P.ClH/c1-10(8-13-14(2,11)12)9-6-4-3-5-7-9;/h3-7H,8H2,1-2H3,(H,11,12);1H. The molecule has 0 saturated carbocycles. The molecule has 0 heterocycles. The van der Waals surface area contributed by atoms with E-state index >= 15 is 0 Å². The van der Waals surface area contributed by atoms with Gasteiger partial charge in [0.05, 0.1) is 0 Å². The van der Waals surface area contributed by atoms with Crippen molar-refractivity contribution in [1.29, 1.82) is 0 Å². The molecule has 0 aromatic heterocycles. The second-order valence-corrected chi connectivity index (χ2v) is 4.96. The molecule has 1 unspecified atom stereocenters. The number of anilines is 1. The van der Waals surface area contributed by atoms with Gasteiger partial charge in [0.1, 0.15) is 6.73 Å². The summed E-state index contributed by atoms with van der Waals surface area (Å²) in [5, 5.41) is 0. The molecule has 0 spiro atoms. The third-order valence-electron chi connectivity index (χ3n) is 1.69. The molecule has 0 saturated heterocycles. The Balaban J connectivity index is 0.00000196. The van der Waals surface area contributed by atoms with Crippen molar-refractivity contribution >= 4 is 25.7 Å². The first-order chi connectivity index (χ1) is 6.49. The molecule has 1 aromatic rings. The lowest BCUT2D eigenvalue weighted by Crippen LogP contribution is -2.19. The number of nitrogens with zero attached hydrogens (tertiary/aromatic N) is 1. The average Bonchev–Trinajstić information content (AvgIpc) is 2.14. The number of hydrogen-bond acceptors (Lipinski definition) is 3. The number of rotatable bonds is 4. The topological polar surface area (TPSA) is 49.8 Å². The van der Waals surface area contributed by atoms with E-state index in [9.17, 15) is 4.57 Å². The number of benzene rings is 1. The molecule has 1 rings (SSSR count). The van der Waals surface area contributed by atoms with Crippen molar-refractivity contribution < 1.29 is 14.0 Å². The predicted molar refractivity (Wildman–Crippen MR) is 63.8 cm³/mol. The molecule has 1 atom stereocenters. The van der Waals surface area contributed by atoms with Crippen LogP contribution in [0.25, 0.3) is 0 Å². The van der Waals surface area contributed by atoms with E-state index in [-0.39, 0.29) is 19.1 Å². The highest BCUT2D eigenvalue weighted by molar-refractivity contribution is 7.51. The normalized spacial score (nSPS) is 13.8. The van der Waals surface area contributed by atoms with Gasteiger partial charge in [0, 0.05) is 19.4 Å². The Labute approximate surface area is 95.8 Å². The maximum Gasteiger partial charge on any atom is 0.326 e. The number of para-hydroxylation sites is 1. The smallest absolute Gasteiger partial charge is 0.326 e. The quantitative estimate of drug-likeness (QED) is 0.659. The van der Waals surface area contributed by atoms with E-state index < -0.39 is 7.60 Å². The lowest BCUT2D eigenvalue weighted by atomic mass is 10.3. The summed E-state index contributed by atoms with van der Waals surface area (Å²) in [5.74, 6) is 0. The fourth-order valence-electron chi connectivity index (χ4n) is 0.951. The van der Waals surface area contributed by atoms with Gasteiger partial charge < -0.3 is 9.79 Å². The van der Waals surface area contributed by atoms with Gasteiger partial charge in [-0.15, -0.1) is 12.4 Å². The predicted octanol–water partition coefficient (Wildman–Crippen LogP) is 2.33. The maximum atomic E-state index is 10.9. The summed E-state index contributed by atoms with van der Waals surface area (Å²) < 4.78 is 15.6. The molecule has 0 aliphatic carbocycles. The monoisotopic (exact) mass is 251 g/mol. The van der Waals surface area contributed by atoms with Gasteiger partial charge in [0.2, 0.25) is 0 Å². The van der Waals surface area contributed by atoms with Gasteiger partial charge in [-0.2, -0.15) is 0 Å². The van der Waals surface area contributed by atoms with E-state index in [1.807, 2.05) is 30.3 Å². The summed E-state index contributed by atoms with van der Waals surface area (Å²) in [6.45, 7) is 1.28. The Bertz CT molecular complexity index is 327. The fourth-order valence-corrected chi connectivity index (χ4v) is 1.34. The van der Waals surface area contributed by atoms with Crippen molar-refractivity contribution in [3.8, 4) is 0 Å². The summed E-state index contributed by atoms with van der Waals surface area (Å²) in [6.07, 6.45) is 0. The van der Waals surface area contributed by atoms with Gasteiger partial charge in [-0.1, -0.05) is 18.2 Å². The summed E-state index contributed by atoms with van der Waals surface area (Å²) in [7, 11) is -1.59. The van der Waals surface area contributed by atoms with Gasteiger partial charge in [-0.05, 0) is 12.1 Å². The molecule has 86 valence electrons. The van der Waals surface area contributed by atoms with Crippen molar-refractivity contribution in [2.45, 2.75) is 0 Å². The van der Waals surface area contributed by atoms with Crippen LogP contribution >= 0.6 is 20.0 Å². The van der Waals surface area contributed by atoms with Crippen LogP contribution in [0.4, 0.5) is 5.69 Å². The van der Waals surface area contributed by atoms with Crippen molar-refractivity contribution in [2.24, 2.45) is 0 Å². The molecule has 1 N–H and O–H groups in total. The number of hydrogen-bond donors (Lipinski definition) is 1. The third kappa shape index (κ3) is 5.80. The first-order valence-electron chi connectivity index (χ1n) is 4.20. The minimum absolute atomic E-state index is 0. The zero-order valence-electron chi connectivity index (χ0n) is 8.66. The fraction of sp³-hybridized carbons (Fsp3) is 0.333. The molecule has 0 bridgehead atoms. The van der Waals surface area contributed by atoms with Gasteiger partial charge in [0.15, 0.2) is 0 Å². The summed E-state index contributed by atoms with van der Waals surface area (Å²) in [6, 6.07) is 9.52. The van der Waals surface area contributed by atoms with Crippen molar-refractivity contribution in [1.82, 2.24) is 0 Å². The molecule has 1 aromatic carbocycles. The molecule has 0 aliphatic rings. The number of halogens is 1. The lowest BCUT2D eigenvalue weighted by molar-refractivity contribution is 0.267. The Morgan fingerprint density at radius 3 is 2.40 bits per heavy atom. The van der Waals surface area contributed by atoms with Crippen LogP contribution in [-0.4, -0.2) is 25.3 Å². The van der Waals surface area contributed by atoms with Crippen LogP contribution in [0.3, 0.4) is 0 Å². The van der Waals surface area contributed by atoms with Crippen LogP contribution in [-0.2, 0) is 9.09 Å². The van der Waals surface area contributed by atoms with E-state index in [0.29, 0.717) is 0 Å². The third-order valence-corrected chi connectivity index (χ3v) is 2.28. The second-order valence-electron chi connectivity index (χ2n) is 3.09. The van der Waals surface area contributed by atoms with Crippen LogP contribution in [0.5, 0.6) is 0 Å². The molecule has 15 heavy (non-hydrogen) atoms. The van der Waals surface area contributed by atoms with E-state index in [4.69, 9.17) is 9.42 Å². The van der Waals surface area contributed by atoms with Gasteiger partial charge in [0.25, 0.3) is 0 Å². The van der Waals surface area contributed by atoms with Crippen LogP contribution in [0.15, 0.2) is 30.3 Å². The van der Waals surface area contributed by atoms with Crippen molar-refractivity contribution in [3.63, 3.8) is 0 Å². The van der Waals surface area contributed by atoms with Gasteiger partial charge in [-0.25, -0.2) is 0 Å². The van der Waals surface area contributed by atoms with E-state index in [0.717, 1.165) is 5.69 Å². The molecule has 0 fully saturated rings. The van der Waals surface area contributed by atoms with Crippen LogP contribution in [0.2, 0.25) is 0 Å². The molecular formula is C9H15ClNO3P. The second kappa shape index (κ2) is 6.13. The molecular weight excluding hydrogens is 237 g/mol. The van der Waals surface area contributed by atoms with Crippen molar-refractivity contribution in [3.05, 3.63) is 30.3 Å². The summed E-state index contributed by atoms with van der Waals surface area (Å²) in [5.41, 5.74) is 0.945. The summed E-state index contributed by atoms with van der Waals surface area (Å²) in [4.78, 5) is 10.7. The zero-order valence-corrected chi connectivity index (χ0v) is 10.4. The minimum Gasteiger partial charge on any atom is -0.351 e. The highest BCUT2D eigenvalue weighted by Gasteiger charge is 2.11.